The van der Waals surface area contributed by atoms with E-state index >= 15 is 4.79 Å². The molecule has 0 unspecified atom stereocenters. The van der Waals surface area contributed by atoms with Crippen LogP contribution in [0.25, 0.3) is 66.8 Å². The van der Waals surface area contributed by atoms with E-state index in [0.717, 1.165) is 89.3 Å². The molecule has 4 N–H and O–H groups in total. The molecule has 0 amide bonds. The van der Waals surface area contributed by atoms with Crippen molar-refractivity contribution in [3.8, 4) is 44.5 Å². The maximum Gasteiger partial charge on any atom is 0.195 e. The summed E-state index contributed by atoms with van der Waals surface area (Å²) in [5.74, 6) is -0.00487. The standard InChI is InChI=1S/C53H38N2O/c54-47-31-27-41(28-32-47)39-15-23-45(24-16-39)51-49(43-19-11-37(12-20-43)35-7-3-1-4-8-35)50(44-21-13-38(14-22-44)36-9-5-2-6-10-36)52(53(51)56)46-25-17-40(18-26-46)42-29-33-48(55)34-30-42/h1-34H,54-55H2. The van der Waals surface area contributed by atoms with Gasteiger partial charge in [-0.3, -0.25) is 4.79 Å². The molecule has 0 aromatic heterocycles. The van der Waals surface area contributed by atoms with Crippen LogP contribution in [0.1, 0.15) is 22.3 Å². The number of Topliss-reactive ketones (excluding diaryl/α,β-unsaturated/α-hetero) is 1. The SMILES string of the molecule is Nc1ccc(-c2ccc(C3=C(c4ccc(-c5ccccc5)cc4)C(c4ccc(-c5ccccc5)cc4)=C(c4ccc(-c5ccc(N)cc5)cc4)C3=O)cc2)cc1. The summed E-state index contributed by atoms with van der Waals surface area (Å²) >= 11 is 0. The molecule has 1 aliphatic carbocycles. The Morgan fingerprint density at radius 2 is 0.411 bits per heavy atom. The maximum atomic E-state index is 15.3. The molecule has 0 bridgehead atoms. The van der Waals surface area contributed by atoms with Gasteiger partial charge in [-0.2, -0.15) is 0 Å². The fourth-order valence-electron chi connectivity index (χ4n) is 7.66. The van der Waals surface area contributed by atoms with E-state index < -0.39 is 0 Å². The van der Waals surface area contributed by atoms with Crippen molar-refractivity contribution in [1.29, 1.82) is 0 Å². The normalized spacial score (nSPS) is 12.7. The molecule has 0 radical (unpaired) electrons. The van der Waals surface area contributed by atoms with E-state index in [9.17, 15) is 0 Å². The first kappa shape index (κ1) is 34.3. The third-order valence-electron chi connectivity index (χ3n) is 10.6. The van der Waals surface area contributed by atoms with Crippen LogP contribution in [-0.2, 0) is 4.79 Å². The molecule has 0 aliphatic heterocycles. The van der Waals surface area contributed by atoms with Crippen LogP contribution in [0.2, 0.25) is 0 Å². The van der Waals surface area contributed by atoms with Crippen LogP contribution in [0, 0.1) is 0 Å². The van der Waals surface area contributed by atoms with Crippen LogP contribution in [0.5, 0.6) is 0 Å². The number of benzene rings is 8. The van der Waals surface area contributed by atoms with E-state index in [1.807, 2.05) is 60.7 Å². The summed E-state index contributed by atoms with van der Waals surface area (Å²) in [5.41, 5.74) is 29.1. The average molecular weight is 719 g/mol. The van der Waals surface area contributed by atoms with Gasteiger partial charge < -0.3 is 11.5 Å². The fourth-order valence-corrected chi connectivity index (χ4v) is 7.66. The molecule has 0 heterocycles. The summed E-state index contributed by atoms with van der Waals surface area (Å²) in [5, 5.41) is 0. The topological polar surface area (TPSA) is 69.1 Å². The van der Waals surface area contributed by atoms with E-state index in [2.05, 4.69) is 146 Å². The minimum absolute atomic E-state index is 0.00487. The lowest BCUT2D eigenvalue weighted by atomic mass is 9.87. The van der Waals surface area contributed by atoms with Crippen molar-refractivity contribution in [2.75, 3.05) is 11.5 Å². The molecule has 9 rings (SSSR count). The van der Waals surface area contributed by atoms with Crippen molar-refractivity contribution in [3.05, 3.63) is 229 Å². The summed E-state index contributed by atoms with van der Waals surface area (Å²) in [6.45, 7) is 0. The highest BCUT2D eigenvalue weighted by Gasteiger charge is 2.35. The number of hydrogen-bond donors (Lipinski definition) is 2. The summed E-state index contributed by atoms with van der Waals surface area (Å²) in [7, 11) is 0. The lowest BCUT2D eigenvalue weighted by Gasteiger charge is -2.15. The van der Waals surface area contributed by atoms with Gasteiger partial charge in [0.25, 0.3) is 0 Å². The van der Waals surface area contributed by atoms with Crippen LogP contribution in [0.3, 0.4) is 0 Å². The number of anilines is 2. The number of ketones is 1. The molecular weight excluding hydrogens is 681 g/mol. The van der Waals surface area contributed by atoms with Gasteiger partial charge in [-0.15, -0.1) is 0 Å². The molecular formula is C53H38N2O. The Bertz CT molecular complexity index is 2530. The number of allylic oxidation sites excluding steroid dienone is 4. The van der Waals surface area contributed by atoms with Gasteiger partial charge in [-0.25, -0.2) is 0 Å². The van der Waals surface area contributed by atoms with E-state index in [4.69, 9.17) is 11.5 Å². The molecule has 266 valence electrons. The number of carbonyl (C=O) groups excluding carboxylic acids is 1. The van der Waals surface area contributed by atoms with Crippen molar-refractivity contribution in [3.63, 3.8) is 0 Å². The molecule has 8 aromatic rings. The Hall–Kier alpha value is -7.49. The number of rotatable bonds is 8. The smallest absolute Gasteiger partial charge is 0.195 e. The second-order valence-electron chi connectivity index (χ2n) is 14.1. The van der Waals surface area contributed by atoms with Crippen LogP contribution < -0.4 is 11.5 Å². The monoisotopic (exact) mass is 718 g/mol. The molecule has 3 heteroatoms. The Kier molecular flexibility index (Phi) is 9.02. The van der Waals surface area contributed by atoms with Crippen molar-refractivity contribution in [2.24, 2.45) is 0 Å². The van der Waals surface area contributed by atoms with Gasteiger partial charge in [0.2, 0.25) is 0 Å². The van der Waals surface area contributed by atoms with Gasteiger partial charge in [0.15, 0.2) is 5.78 Å². The van der Waals surface area contributed by atoms with Gasteiger partial charge in [0, 0.05) is 33.7 Å². The zero-order valence-corrected chi connectivity index (χ0v) is 30.7. The molecule has 3 nitrogen and oxygen atoms in total. The van der Waals surface area contributed by atoms with E-state index in [0.29, 0.717) is 11.1 Å². The number of carbonyl (C=O) groups is 1. The van der Waals surface area contributed by atoms with Gasteiger partial charge in [-0.1, -0.05) is 182 Å². The Morgan fingerprint density at radius 1 is 0.214 bits per heavy atom. The van der Waals surface area contributed by atoms with Gasteiger partial charge in [0.05, 0.1) is 0 Å². The number of hydrogen-bond acceptors (Lipinski definition) is 3. The number of nitrogens with two attached hydrogens (primary N) is 2. The first-order valence-corrected chi connectivity index (χ1v) is 18.8. The minimum Gasteiger partial charge on any atom is -0.399 e. The Morgan fingerprint density at radius 3 is 0.679 bits per heavy atom. The largest absolute Gasteiger partial charge is 0.399 e. The molecule has 0 atom stereocenters. The molecule has 0 saturated heterocycles. The second-order valence-corrected chi connectivity index (χ2v) is 14.1. The molecule has 0 spiro atoms. The van der Waals surface area contributed by atoms with Gasteiger partial charge >= 0.3 is 0 Å². The first-order chi connectivity index (χ1) is 27.5. The summed E-state index contributed by atoms with van der Waals surface area (Å²) < 4.78 is 0. The van der Waals surface area contributed by atoms with Crippen LogP contribution in [-0.4, -0.2) is 5.78 Å². The van der Waals surface area contributed by atoms with Crippen LogP contribution in [0.15, 0.2) is 206 Å². The van der Waals surface area contributed by atoms with Crippen LogP contribution in [0.4, 0.5) is 11.4 Å². The Labute approximate surface area is 327 Å². The van der Waals surface area contributed by atoms with Gasteiger partial charge in [-0.05, 0) is 91.0 Å². The predicted molar refractivity (Wildman–Crippen MR) is 235 cm³/mol. The van der Waals surface area contributed by atoms with Crippen LogP contribution >= 0.6 is 0 Å². The zero-order valence-electron chi connectivity index (χ0n) is 30.7. The first-order valence-electron chi connectivity index (χ1n) is 18.8. The van der Waals surface area contributed by atoms with E-state index in [-0.39, 0.29) is 5.78 Å². The number of nitrogen functional groups attached to an aromatic ring is 2. The van der Waals surface area contributed by atoms with Gasteiger partial charge in [0.1, 0.15) is 0 Å². The summed E-state index contributed by atoms with van der Waals surface area (Å²) in [6.07, 6.45) is 0. The van der Waals surface area contributed by atoms with Crippen molar-refractivity contribution >= 4 is 39.5 Å². The Balaban J connectivity index is 1.23. The van der Waals surface area contributed by atoms with Crippen molar-refractivity contribution < 1.29 is 4.79 Å². The highest BCUT2D eigenvalue weighted by Crippen LogP contribution is 2.50. The molecule has 8 aromatic carbocycles. The lowest BCUT2D eigenvalue weighted by Crippen LogP contribution is -2.02. The van der Waals surface area contributed by atoms with E-state index in [1.54, 1.807) is 0 Å². The lowest BCUT2D eigenvalue weighted by molar-refractivity contribution is -0.108. The molecule has 0 fully saturated rings. The minimum atomic E-state index is -0.00487. The molecule has 56 heavy (non-hydrogen) atoms. The summed E-state index contributed by atoms with van der Waals surface area (Å²) in [6, 6.07) is 70.3. The summed E-state index contributed by atoms with van der Waals surface area (Å²) in [4.78, 5) is 15.3. The maximum absolute atomic E-state index is 15.3. The van der Waals surface area contributed by atoms with E-state index in [1.165, 1.54) is 0 Å². The quantitative estimate of drug-likeness (QED) is 0.154. The third-order valence-corrected chi connectivity index (χ3v) is 10.6. The third kappa shape index (κ3) is 6.63. The van der Waals surface area contributed by atoms with Crippen molar-refractivity contribution in [2.45, 2.75) is 0 Å². The fraction of sp³-hybridized carbons (Fsp3) is 0. The average Bonchev–Trinajstić information content (AvgIpc) is 3.57. The molecule has 1 aliphatic rings. The molecule has 0 saturated carbocycles. The highest BCUT2D eigenvalue weighted by molar-refractivity contribution is 6.59. The van der Waals surface area contributed by atoms with Crippen molar-refractivity contribution in [1.82, 2.24) is 0 Å². The predicted octanol–water partition coefficient (Wildman–Crippen LogP) is 12.6. The highest BCUT2D eigenvalue weighted by atomic mass is 16.1. The second kappa shape index (κ2) is 14.7. The zero-order chi connectivity index (χ0) is 38.0.